The summed E-state index contributed by atoms with van der Waals surface area (Å²) in [5, 5.41) is 4.16. The molecule has 6 heteroatoms. The van der Waals surface area contributed by atoms with Gasteiger partial charge in [-0.3, -0.25) is 5.43 Å². The molecule has 2 aromatic carbocycles. The molecule has 0 fully saturated rings. The molecule has 120 valence electrons. The summed E-state index contributed by atoms with van der Waals surface area (Å²) in [6, 6.07) is 12.5. The summed E-state index contributed by atoms with van der Waals surface area (Å²) in [5.74, 6) is -0.298. The van der Waals surface area contributed by atoms with Gasteiger partial charge >= 0.3 is 0 Å². The van der Waals surface area contributed by atoms with Crippen LogP contribution >= 0.6 is 0 Å². The number of sulfone groups is 1. The third-order valence-corrected chi connectivity index (χ3v) is 4.16. The lowest BCUT2D eigenvalue weighted by Gasteiger charge is -2.01. The Labute approximate surface area is 135 Å². The molecular formula is C17H17FN2O2S. The summed E-state index contributed by atoms with van der Waals surface area (Å²) < 4.78 is 35.5. The first kappa shape index (κ1) is 16.9. The van der Waals surface area contributed by atoms with Crippen molar-refractivity contribution in [3.8, 4) is 0 Å². The lowest BCUT2D eigenvalue weighted by atomic mass is 10.2. The van der Waals surface area contributed by atoms with Crippen molar-refractivity contribution >= 4 is 27.3 Å². The summed E-state index contributed by atoms with van der Waals surface area (Å²) in [7, 11) is -3.18. The van der Waals surface area contributed by atoms with Crippen LogP contribution in [0.15, 0.2) is 64.6 Å². The van der Waals surface area contributed by atoms with Crippen molar-refractivity contribution in [2.75, 3.05) is 11.7 Å². The molecule has 0 aliphatic rings. The van der Waals surface area contributed by atoms with Gasteiger partial charge in [-0.25, -0.2) is 12.8 Å². The number of hydrazone groups is 1. The quantitative estimate of drug-likeness (QED) is 0.670. The van der Waals surface area contributed by atoms with Crippen LogP contribution in [0.1, 0.15) is 12.5 Å². The zero-order chi connectivity index (χ0) is 16.9. The lowest BCUT2D eigenvalue weighted by molar-refractivity contribution is 0.602. The number of hydrogen-bond donors (Lipinski definition) is 1. The fourth-order valence-electron chi connectivity index (χ4n) is 1.76. The van der Waals surface area contributed by atoms with Crippen LogP contribution in [0.4, 0.5) is 10.1 Å². The molecule has 0 heterocycles. The van der Waals surface area contributed by atoms with Crippen LogP contribution in [-0.4, -0.2) is 20.4 Å². The average molecular weight is 332 g/mol. The molecule has 0 bridgehead atoms. The molecular weight excluding hydrogens is 315 g/mol. The standard InChI is InChI=1S/C17H17FN2O2S/c1-13(19-20-16-9-7-15(18)8-10-16)3-4-14-5-11-17(12-6-14)23(2,21)22/h3-12,20H,1-2H3/b4-3+,19-13+. The molecule has 4 nitrogen and oxygen atoms in total. The van der Waals surface area contributed by atoms with Crippen molar-refractivity contribution < 1.29 is 12.8 Å². The number of benzene rings is 2. The number of halogens is 1. The van der Waals surface area contributed by atoms with Gasteiger partial charge in [0.15, 0.2) is 9.84 Å². The summed E-state index contributed by atoms with van der Waals surface area (Å²) in [6.07, 6.45) is 4.80. The predicted octanol–water partition coefficient (Wildman–Crippen LogP) is 3.73. The molecule has 2 aromatic rings. The van der Waals surface area contributed by atoms with Gasteiger partial charge in [0.1, 0.15) is 5.82 Å². The molecule has 0 amide bonds. The van der Waals surface area contributed by atoms with Crippen LogP contribution in [0.2, 0.25) is 0 Å². The van der Waals surface area contributed by atoms with Crippen molar-refractivity contribution in [3.63, 3.8) is 0 Å². The Kier molecular flexibility index (Phi) is 5.28. The minimum atomic E-state index is -3.18. The second-order valence-corrected chi connectivity index (χ2v) is 7.06. The van der Waals surface area contributed by atoms with Crippen molar-refractivity contribution in [1.82, 2.24) is 0 Å². The SMILES string of the molecule is CC(/C=C/c1ccc(S(C)(=O)=O)cc1)=N\Nc1ccc(F)cc1. The molecule has 1 N–H and O–H groups in total. The predicted molar refractivity (Wildman–Crippen MR) is 91.7 cm³/mol. The van der Waals surface area contributed by atoms with E-state index in [-0.39, 0.29) is 10.7 Å². The third kappa shape index (κ3) is 5.34. The normalized spacial score (nSPS) is 12.6. The minimum Gasteiger partial charge on any atom is -0.278 e. The van der Waals surface area contributed by atoms with E-state index in [9.17, 15) is 12.8 Å². The summed E-state index contributed by atoms with van der Waals surface area (Å²) in [6.45, 7) is 1.82. The molecule has 0 spiro atoms. The molecule has 0 aromatic heterocycles. The number of rotatable bonds is 5. The Bertz CT molecular complexity index is 824. The molecule has 2 rings (SSSR count). The second kappa shape index (κ2) is 7.19. The molecule has 0 aliphatic heterocycles. The van der Waals surface area contributed by atoms with Crippen LogP contribution in [0.25, 0.3) is 6.08 Å². The highest BCUT2D eigenvalue weighted by Crippen LogP contribution is 2.12. The molecule has 0 aliphatic carbocycles. The summed E-state index contributed by atoms with van der Waals surface area (Å²) in [5.41, 5.74) is 5.11. The van der Waals surface area contributed by atoms with Crippen molar-refractivity contribution in [2.45, 2.75) is 11.8 Å². The molecule has 0 atom stereocenters. The van der Waals surface area contributed by atoms with Gasteiger partial charge in [-0.2, -0.15) is 5.10 Å². The monoisotopic (exact) mass is 332 g/mol. The smallest absolute Gasteiger partial charge is 0.175 e. The Morgan fingerprint density at radius 3 is 2.26 bits per heavy atom. The summed E-state index contributed by atoms with van der Waals surface area (Å²) in [4.78, 5) is 0.290. The molecule has 0 unspecified atom stereocenters. The number of nitrogens with one attached hydrogen (secondary N) is 1. The van der Waals surface area contributed by atoms with E-state index >= 15 is 0 Å². The summed E-state index contributed by atoms with van der Waals surface area (Å²) >= 11 is 0. The zero-order valence-electron chi connectivity index (χ0n) is 12.8. The van der Waals surface area contributed by atoms with E-state index in [1.54, 1.807) is 42.5 Å². The molecule has 0 radical (unpaired) electrons. The maximum atomic E-state index is 12.8. The van der Waals surface area contributed by atoms with E-state index < -0.39 is 9.84 Å². The maximum Gasteiger partial charge on any atom is 0.175 e. The van der Waals surface area contributed by atoms with Gasteiger partial charge in [0, 0.05) is 6.26 Å². The van der Waals surface area contributed by atoms with E-state index in [4.69, 9.17) is 0 Å². The van der Waals surface area contributed by atoms with Crippen LogP contribution < -0.4 is 5.43 Å². The Morgan fingerprint density at radius 1 is 1.09 bits per heavy atom. The van der Waals surface area contributed by atoms with Gasteiger partial charge in [-0.1, -0.05) is 18.2 Å². The van der Waals surface area contributed by atoms with E-state index in [0.29, 0.717) is 5.69 Å². The first-order valence-electron chi connectivity index (χ1n) is 6.89. The van der Waals surface area contributed by atoms with Gasteiger partial charge in [-0.15, -0.1) is 0 Å². The Balaban J connectivity index is 2.01. The topological polar surface area (TPSA) is 58.5 Å². The average Bonchev–Trinajstić information content (AvgIpc) is 2.52. The van der Waals surface area contributed by atoms with Crippen molar-refractivity contribution in [1.29, 1.82) is 0 Å². The number of hydrogen-bond acceptors (Lipinski definition) is 4. The fourth-order valence-corrected chi connectivity index (χ4v) is 2.39. The van der Waals surface area contributed by atoms with Gasteiger partial charge in [-0.05, 0) is 55.0 Å². The van der Waals surface area contributed by atoms with Gasteiger partial charge < -0.3 is 0 Å². The van der Waals surface area contributed by atoms with Crippen molar-refractivity contribution in [2.24, 2.45) is 5.10 Å². The first-order chi connectivity index (χ1) is 10.8. The van der Waals surface area contributed by atoms with E-state index in [1.807, 2.05) is 13.0 Å². The lowest BCUT2D eigenvalue weighted by Crippen LogP contribution is -1.96. The highest BCUT2D eigenvalue weighted by molar-refractivity contribution is 7.90. The van der Waals surface area contributed by atoms with Gasteiger partial charge in [0.25, 0.3) is 0 Å². The van der Waals surface area contributed by atoms with Crippen LogP contribution in [0.3, 0.4) is 0 Å². The van der Waals surface area contributed by atoms with E-state index in [0.717, 1.165) is 11.3 Å². The fraction of sp³-hybridized carbons (Fsp3) is 0.118. The van der Waals surface area contributed by atoms with E-state index in [2.05, 4.69) is 10.5 Å². The van der Waals surface area contributed by atoms with Crippen LogP contribution in [-0.2, 0) is 9.84 Å². The Hall–Kier alpha value is -2.47. The van der Waals surface area contributed by atoms with Gasteiger partial charge in [0.05, 0.1) is 16.3 Å². The van der Waals surface area contributed by atoms with Crippen molar-refractivity contribution in [3.05, 3.63) is 66.0 Å². The second-order valence-electron chi connectivity index (χ2n) is 5.05. The molecule has 23 heavy (non-hydrogen) atoms. The van der Waals surface area contributed by atoms with Gasteiger partial charge in [0.2, 0.25) is 0 Å². The number of anilines is 1. The van der Waals surface area contributed by atoms with Crippen LogP contribution in [0.5, 0.6) is 0 Å². The molecule has 0 saturated carbocycles. The zero-order valence-corrected chi connectivity index (χ0v) is 13.6. The number of nitrogens with zero attached hydrogens (tertiary/aromatic N) is 1. The van der Waals surface area contributed by atoms with Crippen LogP contribution in [0, 0.1) is 5.82 Å². The highest BCUT2D eigenvalue weighted by Gasteiger charge is 2.04. The largest absolute Gasteiger partial charge is 0.278 e. The maximum absolute atomic E-state index is 12.8. The highest BCUT2D eigenvalue weighted by atomic mass is 32.2. The Morgan fingerprint density at radius 2 is 1.70 bits per heavy atom. The molecule has 0 saturated heterocycles. The number of allylic oxidation sites excluding steroid dienone is 1. The van der Waals surface area contributed by atoms with E-state index in [1.165, 1.54) is 18.4 Å². The minimum absolute atomic E-state index is 0.290. The third-order valence-electron chi connectivity index (χ3n) is 3.03. The first-order valence-corrected chi connectivity index (χ1v) is 8.78.